The molecule has 0 aromatic carbocycles. The third-order valence-corrected chi connectivity index (χ3v) is 2.46. The Bertz CT molecular complexity index is 177. The molecular weight excluding hydrogens is 140 g/mol. The van der Waals surface area contributed by atoms with E-state index in [1.165, 1.54) is 0 Å². The topological polar surface area (TPSA) is 46.3 Å². The summed E-state index contributed by atoms with van der Waals surface area (Å²) in [6, 6.07) is 0.234. The minimum Gasteiger partial charge on any atom is -0.341 e. The first-order valence-electron chi connectivity index (χ1n) is 4.32. The third-order valence-electron chi connectivity index (χ3n) is 2.46. The molecule has 3 heteroatoms. The van der Waals surface area contributed by atoms with Gasteiger partial charge in [0.05, 0.1) is 0 Å². The van der Waals surface area contributed by atoms with Crippen LogP contribution < -0.4 is 5.73 Å². The van der Waals surface area contributed by atoms with Gasteiger partial charge in [-0.15, -0.1) is 0 Å². The minimum absolute atomic E-state index is 0.234. The average molecular weight is 154 g/mol. The Morgan fingerprint density at radius 1 is 1.36 bits per heavy atom. The van der Waals surface area contributed by atoms with Crippen LogP contribution in [0.1, 0.15) is 19.3 Å². The van der Waals surface area contributed by atoms with Crippen LogP contribution in [0.5, 0.6) is 0 Å². The monoisotopic (exact) mass is 154 g/mol. The summed E-state index contributed by atoms with van der Waals surface area (Å²) in [6.07, 6.45) is 3.19. The van der Waals surface area contributed by atoms with Crippen molar-refractivity contribution >= 4 is 5.91 Å². The molecule has 0 aromatic heterocycles. The Kier molecular flexibility index (Phi) is 1.60. The fourth-order valence-electron chi connectivity index (χ4n) is 1.58. The van der Waals surface area contributed by atoms with Crippen LogP contribution >= 0.6 is 0 Å². The van der Waals surface area contributed by atoms with Gasteiger partial charge in [0.15, 0.2) is 0 Å². The second-order valence-corrected chi connectivity index (χ2v) is 3.61. The molecule has 11 heavy (non-hydrogen) atoms. The van der Waals surface area contributed by atoms with E-state index in [9.17, 15) is 4.79 Å². The van der Waals surface area contributed by atoms with Gasteiger partial charge >= 0.3 is 0 Å². The van der Waals surface area contributed by atoms with Gasteiger partial charge in [0, 0.05) is 25.0 Å². The fourth-order valence-corrected chi connectivity index (χ4v) is 1.58. The van der Waals surface area contributed by atoms with Crippen LogP contribution in [0.3, 0.4) is 0 Å². The van der Waals surface area contributed by atoms with Gasteiger partial charge in [0.2, 0.25) is 5.91 Å². The fraction of sp³-hybridized carbons (Fsp3) is 0.875. The highest BCUT2D eigenvalue weighted by atomic mass is 16.2. The summed E-state index contributed by atoms with van der Waals surface area (Å²) in [6.45, 7) is 1.67. The maximum Gasteiger partial charge on any atom is 0.225 e. The summed E-state index contributed by atoms with van der Waals surface area (Å²) < 4.78 is 0. The van der Waals surface area contributed by atoms with Crippen molar-refractivity contribution in [2.45, 2.75) is 25.3 Å². The molecule has 2 N–H and O–H groups in total. The molecule has 1 heterocycles. The summed E-state index contributed by atoms with van der Waals surface area (Å²) >= 11 is 0. The van der Waals surface area contributed by atoms with Gasteiger partial charge in [-0.1, -0.05) is 0 Å². The van der Waals surface area contributed by atoms with Crippen molar-refractivity contribution in [1.82, 2.24) is 4.90 Å². The molecule has 1 aliphatic heterocycles. The van der Waals surface area contributed by atoms with Crippen LogP contribution in [0, 0.1) is 5.92 Å². The first-order chi connectivity index (χ1) is 5.27. The largest absolute Gasteiger partial charge is 0.341 e. The molecular formula is C8H14N2O. The molecule has 1 saturated carbocycles. The van der Waals surface area contributed by atoms with Crippen molar-refractivity contribution < 1.29 is 4.79 Å². The first kappa shape index (κ1) is 7.10. The van der Waals surface area contributed by atoms with Crippen molar-refractivity contribution in [3.8, 4) is 0 Å². The maximum atomic E-state index is 11.4. The summed E-state index contributed by atoms with van der Waals surface area (Å²) in [7, 11) is 0. The number of likely N-dealkylation sites (tertiary alicyclic amines) is 1. The molecule has 1 saturated heterocycles. The first-order valence-corrected chi connectivity index (χ1v) is 4.32. The van der Waals surface area contributed by atoms with Crippen molar-refractivity contribution in [1.29, 1.82) is 0 Å². The molecule has 2 aliphatic rings. The van der Waals surface area contributed by atoms with E-state index < -0.39 is 0 Å². The lowest BCUT2D eigenvalue weighted by Crippen LogP contribution is -2.32. The van der Waals surface area contributed by atoms with Crippen molar-refractivity contribution in [3.05, 3.63) is 0 Å². The molecule has 1 amide bonds. The molecule has 1 aliphatic carbocycles. The standard InChI is InChI=1S/C8H14N2O/c9-7-3-4-10(5-7)8(11)6-1-2-6/h6-7H,1-5,9H2. The van der Waals surface area contributed by atoms with Crippen molar-refractivity contribution in [3.63, 3.8) is 0 Å². The summed E-state index contributed by atoms with van der Waals surface area (Å²) in [4.78, 5) is 13.3. The van der Waals surface area contributed by atoms with E-state index in [0.717, 1.165) is 32.4 Å². The van der Waals surface area contributed by atoms with Crippen LogP contribution in [-0.2, 0) is 4.79 Å². The highest BCUT2D eigenvalue weighted by Gasteiger charge is 2.35. The smallest absolute Gasteiger partial charge is 0.225 e. The quantitative estimate of drug-likeness (QED) is 0.576. The number of nitrogens with zero attached hydrogens (tertiary/aromatic N) is 1. The Balaban J connectivity index is 1.89. The molecule has 2 rings (SSSR count). The number of hydrogen-bond acceptors (Lipinski definition) is 2. The molecule has 2 fully saturated rings. The van der Waals surface area contributed by atoms with Crippen molar-refractivity contribution in [2.75, 3.05) is 13.1 Å². The van der Waals surface area contributed by atoms with Crippen LogP contribution in [0.2, 0.25) is 0 Å². The number of carbonyl (C=O) groups is 1. The molecule has 0 radical (unpaired) electrons. The lowest BCUT2D eigenvalue weighted by atomic mass is 10.3. The zero-order valence-electron chi connectivity index (χ0n) is 6.62. The third kappa shape index (κ3) is 1.38. The zero-order chi connectivity index (χ0) is 7.84. The number of rotatable bonds is 1. The van der Waals surface area contributed by atoms with Gasteiger partial charge in [0.1, 0.15) is 0 Å². The summed E-state index contributed by atoms with van der Waals surface area (Å²) in [5.41, 5.74) is 5.69. The molecule has 1 unspecified atom stereocenters. The summed E-state index contributed by atoms with van der Waals surface area (Å²) in [5.74, 6) is 0.707. The molecule has 0 aromatic rings. The van der Waals surface area contributed by atoms with Gasteiger partial charge < -0.3 is 10.6 Å². The summed E-state index contributed by atoms with van der Waals surface area (Å²) in [5, 5.41) is 0. The van der Waals surface area contributed by atoms with Gasteiger partial charge in [0.25, 0.3) is 0 Å². The lowest BCUT2D eigenvalue weighted by Gasteiger charge is -2.14. The van der Waals surface area contributed by atoms with Gasteiger partial charge in [-0.05, 0) is 19.3 Å². The lowest BCUT2D eigenvalue weighted by molar-refractivity contribution is -0.131. The van der Waals surface area contributed by atoms with Crippen LogP contribution in [0.4, 0.5) is 0 Å². The Labute approximate surface area is 66.5 Å². The van der Waals surface area contributed by atoms with E-state index >= 15 is 0 Å². The second-order valence-electron chi connectivity index (χ2n) is 3.61. The molecule has 0 bridgehead atoms. The predicted molar refractivity (Wildman–Crippen MR) is 41.9 cm³/mol. The van der Waals surface area contributed by atoms with Gasteiger partial charge in [-0.2, -0.15) is 0 Å². The molecule has 1 atom stereocenters. The van der Waals surface area contributed by atoms with Crippen molar-refractivity contribution in [2.24, 2.45) is 11.7 Å². The molecule has 62 valence electrons. The van der Waals surface area contributed by atoms with Gasteiger partial charge in [-0.25, -0.2) is 0 Å². The number of nitrogens with two attached hydrogens (primary N) is 1. The Morgan fingerprint density at radius 3 is 2.55 bits per heavy atom. The van der Waals surface area contributed by atoms with E-state index in [0.29, 0.717) is 11.8 Å². The molecule has 0 spiro atoms. The van der Waals surface area contributed by atoms with E-state index in [-0.39, 0.29) is 6.04 Å². The molecule has 3 nitrogen and oxygen atoms in total. The van der Waals surface area contributed by atoms with Crippen LogP contribution in [0.15, 0.2) is 0 Å². The van der Waals surface area contributed by atoms with E-state index in [4.69, 9.17) is 5.73 Å². The SMILES string of the molecule is NC1CCN(C(=O)C2CC2)C1. The predicted octanol–water partition coefficient (Wildman–Crippen LogP) is -0.0440. The van der Waals surface area contributed by atoms with Crippen LogP contribution in [0.25, 0.3) is 0 Å². The van der Waals surface area contributed by atoms with E-state index in [1.807, 2.05) is 4.90 Å². The van der Waals surface area contributed by atoms with Gasteiger partial charge in [-0.3, -0.25) is 4.79 Å². The highest BCUT2D eigenvalue weighted by Crippen LogP contribution is 2.31. The maximum absolute atomic E-state index is 11.4. The highest BCUT2D eigenvalue weighted by molar-refractivity contribution is 5.81. The van der Waals surface area contributed by atoms with E-state index in [2.05, 4.69) is 0 Å². The Hall–Kier alpha value is -0.570. The Morgan fingerprint density at radius 2 is 2.09 bits per heavy atom. The number of hydrogen-bond donors (Lipinski definition) is 1. The zero-order valence-corrected chi connectivity index (χ0v) is 6.62. The van der Waals surface area contributed by atoms with E-state index in [1.54, 1.807) is 0 Å². The minimum atomic E-state index is 0.234. The average Bonchev–Trinajstić information content (AvgIpc) is 2.74. The number of amides is 1. The normalized spacial score (nSPS) is 31.0. The van der Waals surface area contributed by atoms with Crippen LogP contribution in [-0.4, -0.2) is 29.9 Å². The second kappa shape index (κ2) is 2.48. The number of carbonyl (C=O) groups excluding carboxylic acids is 1.